The predicted molar refractivity (Wildman–Crippen MR) is 78.6 cm³/mol. The van der Waals surface area contributed by atoms with E-state index in [1.54, 1.807) is 0 Å². The highest BCUT2D eigenvalue weighted by atomic mass is 35.5. The summed E-state index contributed by atoms with van der Waals surface area (Å²) in [5.74, 6) is 0.798. The van der Waals surface area contributed by atoms with Gasteiger partial charge in [0.1, 0.15) is 11.8 Å². The molecule has 2 aromatic rings. The number of aromatic nitrogens is 4. The molecule has 0 N–H and O–H groups in total. The average molecular weight is 291 g/mol. The highest BCUT2D eigenvalue weighted by molar-refractivity contribution is 6.33. The summed E-state index contributed by atoms with van der Waals surface area (Å²) in [5, 5.41) is 0.446. The van der Waals surface area contributed by atoms with Crippen molar-refractivity contribution in [2.75, 3.05) is 0 Å². The van der Waals surface area contributed by atoms with Gasteiger partial charge in [0.15, 0.2) is 10.8 Å². The van der Waals surface area contributed by atoms with E-state index in [1.165, 1.54) is 25.6 Å². The molecule has 0 spiro atoms. The minimum atomic E-state index is 0.308. The molecule has 0 unspecified atom stereocenters. The summed E-state index contributed by atoms with van der Waals surface area (Å²) in [7, 11) is 0. The third kappa shape index (κ3) is 1.31. The molecule has 2 heterocycles. The zero-order valence-corrected chi connectivity index (χ0v) is 12.9. The first kappa shape index (κ1) is 12.6. The quantitative estimate of drug-likeness (QED) is 0.749. The smallest absolute Gasteiger partial charge is 0.165 e. The molecule has 2 aliphatic carbocycles. The zero-order chi connectivity index (χ0) is 14.1. The van der Waals surface area contributed by atoms with Crippen LogP contribution in [-0.2, 0) is 0 Å². The molecular formula is C15H19ClN4. The first-order chi connectivity index (χ1) is 9.45. The molecule has 2 fully saturated rings. The summed E-state index contributed by atoms with van der Waals surface area (Å²) in [5.41, 5.74) is 2.28. The van der Waals surface area contributed by atoms with Gasteiger partial charge in [-0.25, -0.2) is 15.0 Å². The Morgan fingerprint density at radius 1 is 1.25 bits per heavy atom. The van der Waals surface area contributed by atoms with Gasteiger partial charge in [-0.2, -0.15) is 0 Å². The van der Waals surface area contributed by atoms with Crippen molar-refractivity contribution in [1.29, 1.82) is 0 Å². The van der Waals surface area contributed by atoms with E-state index in [4.69, 9.17) is 11.6 Å². The molecule has 2 bridgehead atoms. The highest BCUT2D eigenvalue weighted by Gasteiger charge is 2.62. The number of hydrogen-bond acceptors (Lipinski definition) is 3. The van der Waals surface area contributed by atoms with Crippen molar-refractivity contribution in [3.05, 3.63) is 17.8 Å². The summed E-state index contributed by atoms with van der Waals surface area (Å²) in [6.07, 6.45) is 7.29. The van der Waals surface area contributed by atoms with E-state index in [-0.39, 0.29) is 0 Å². The van der Waals surface area contributed by atoms with Crippen molar-refractivity contribution in [2.24, 2.45) is 16.7 Å². The predicted octanol–water partition coefficient (Wildman–Crippen LogP) is 3.87. The third-order valence-electron chi connectivity index (χ3n) is 6.40. The molecule has 106 valence electrons. The minimum Gasteiger partial charge on any atom is -0.311 e. The van der Waals surface area contributed by atoms with Gasteiger partial charge in [-0.05, 0) is 36.0 Å². The Labute approximate surface area is 123 Å². The summed E-state index contributed by atoms with van der Waals surface area (Å²) < 4.78 is 2.24. The normalized spacial score (nSPS) is 35.0. The molecule has 0 aliphatic heterocycles. The van der Waals surface area contributed by atoms with E-state index in [0.29, 0.717) is 22.0 Å². The van der Waals surface area contributed by atoms with E-state index < -0.39 is 0 Å². The molecule has 2 saturated carbocycles. The fourth-order valence-electron chi connectivity index (χ4n) is 4.63. The fraction of sp³-hybridized carbons (Fsp3) is 0.667. The molecule has 0 saturated heterocycles. The SMILES string of the molecule is CC1(C)[C@@H]2CC[C@@]1(C)[C@H](n1cnc3c(Cl)ncnc31)C2. The molecule has 2 aliphatic rings. The maximum Gasteiger partial charge on any atom is 0.165 e. The van der Waals surface area contributed by atoms with Crippen LogP contribution in [0.3, 0.4) is 0 Å². The van der Waals surface area contributed by atoms with Crippen molar-refractivity contribution < 1.29 is 0 Å². The van der Waals surface area contributed by atoms with Crippen LogP contribution in [0.2, 0.25) is 5.15 Å². The fourth-order valence-corrected chi connectivity index (χ4v) is 4.81. The second-order valence-electron chi connectivity index (χ2n) is 7.11. The van der Waals surface area contributed by atoms with Crippen LogP contribution in [0.25, 0.3) is 11.2 Å². The molecular weight excluding hydrogens is 272 g/mol. The molecule has 0 radical (unpaired) electrons. The van der Waals surface area contributed by atoms with Crippen LogP contribution in [0.1, 0.15) is 46.1 Å². The van der Waals surface area contributed by atoms with Gasteiger partial charge in [0.2, 0.25) is 0 Å². The number of hydrogen-bond donors (Lipinski definition) is 0. The Hall–Kier alpha value is -1.16. The van der Waals surface area contributed by atoms with Crippen LogP contribution in [0.4, 0.5) is 0 Å². The summed E-state index contributed by atoms with van der Waals surface area (Å²) >= 11 is 6.12. The highest BCUT2D eigenvalue weighted by Crippen LogP contribution is 2.69. The third-order valence-corrected chi connectivity index (χ3v) is 6.67. The van der Waals surface area contributed by atoms with Crippen LogP contribution in [0.5, 0.6) is 0 Å². The van der Waals surface area contributed by atoms with Crippen molar-refractivity contribution in [3.63, 3.8) is 0 Å². The molecule has 4 rings (SSSR count). The van der Waals surface area contributed by atoms with Gasteiger partial charge < -0.3 is 4.57 Å². The maximum absolute atomic E-state index is 6.12. The Balaban J connectivity index is 1.88. The molecule has 20 heavy (non-hydrogen) atoms. The Bertz CT molecular complexity index is 692. The summed E-state index contributed by atoms with van der Waals surface area (Å²) in [4.78, 5) is 12.9. The molecule has 3 atom stereocenters. The van der Waals surface area contributed by atoms with Crippen LogP contribution in [0.15, 0.2) is 12.7 Å². The second-order valence-corrected chi connectivity index (χ2v) is 7.47. The van der Waals surface area contributed by atoms with E-state index in [9.17, 15) is 0 Å². The Kier molecular flexibility index (Phi) is 2.34. The largest absolute Gasteiger partial charge is 0.311 e. The molecule has 0 amide bonds. The first-order valence-corrected chi connectivity index (χ1v) is 7.66. The number of halogens is 1. The standard InChI is InChI=1S/C15H19ClN4/c1-14(2)9-4-5-15(14,3)10(6-9)20-8-19-11-12(16)17-7-18-13(11)20/h7-10H,4-6H2,1-3H3/t9-,10-,15+/m1/s1. The van der Waals surface area contributed by atoms with E-state index >= 15 is 0 Å². The topological polar surface area (TPSA) is 43.6 Å². The lowest BCUT2D eigenvalue weighted by Gasteiger charge is -2.39. The Morgan fingerprint density at radius 3 is 2.70 bits per heavy atom. The number of imidazole rings is 1. The molecule has 2 aromatic heterocycles. The number of nitrogens with zero attached hydrogens (tertiary/aromatic N) is 4. The van der Waals surface area contributed by atoms with Crippen LogP contribution < -0.4 is 0 Å². The van der Waals surface area contributed by atoms with Crippen molar-refractivity contribution in [1.82, 2.24) is 19.5 Å². The number of fused-ring (bicyclic) bond motifs is 3. The van der Waals surface area contributed by atoms with Crippen molar-refractivity contribution in [2.45, 2.75) is 46.1 Å². The first-order valence-electron chi connectivity index (χ1n) is 7.28. The van der Waals surface area contributed by atoms with Crippen LogP contribution in [-0.4, -0.2) is 19.5 Å². The van der Waals surface area contributed by atoms with Crippen molar-refractivity contribution >= 4 is 22.8 Å². The van der Waals surface area contributed by atoms with Gasteiger partial charge in [-0.15, -0.1) is 0 Å². The van der Waals surface area contributed by atoms with Crippen molar-refractivity contribution in [3.8, 4) is 0 Å². The lowest BCUT2D eigenvalue weighted by Crippen LogP contribution is -2.33. The molecule has 4 nitrogen and oxygen atoms in total. The lowest BCUT2D eigenvalue weighted by atomic mass is 9.69. The second kappa shape index (κ2) is 3.73. The molecule has 5 heteroatoms. The van der Waals surface area contributed by atoms with Gasteiger partial charge in [-0.1, -0.05) is 32.4 Å². The van der Waals surface area contributed by atoms with E-state index in [2.05, 4.69) is 40.3 Å². The molecule has 0 aromatic carbocycles. The van der Waals surface area contributed by atoms with Gasteiger partial charge >= 0.3 is 0 Å². The summed E-state index contributed by atoms with van der Waals surface area (Å²) in [6.45, 7) is 7.27. The van der Waals surface area contributed by atoms with Gasteiger partial charge in [-0.3, -0.25) is 0 Å². The maximum atomic E-state index is 6.12. The van der Waals surface area contributed by atoms with Crippen LogP contribution >= 0.6 is 11.6 Å². The van der Waals surface area contributed by atoms with Crippen LogP contribution in [0, 0.1) is 16.7 Å². The van der Waals surface area contributed by atoms with Gasteiger partial charge in [0.05, 0.1) is 6.33 Å². The van der Waals surface area contributed by atoms with E-state index in [0.717, 1.165) is 17.1 Å². The minimum absolute atomic E-state index is 0.308. The zero-order valence-electron chi connectivity index (χ0n) is 12.1. The Morgan fingerprint density at radius 2 is 2.05 bits per heavy atom. The number of rotatable bonds is 1. The van der Waals surface area contributed by atoms with E-state index in [1.807, 2.05) is 6.33 Å². The van der Waals surface area contributed by atoms with Gasteiger partial charge in [0, 0.05) is 6.04 Å². The monoisotopic (exact) mass is 290 g/mol. The summed E-state index contributed by atoms with van der Waals surface area (Å²) in [6, 6.07) is 0.465. The lowest BCUT2D eigenvalue weighted by molar-refractivity contribution is 0.109. The van der Waals surface area contributed by atoms with Gasteiger partial charge in [0.25, 0.3) is 0 Å². The average Bonchev–Trinajstić information content (AvgIpc) is 2.97.